The van der Waals surface area contributed by atoms with Crippen molar-refractivity contribution in [1.82, 2.24) is 0 Å². The van der Waals surface area contributed by atoms with Crippen LogP contribution < -0.4 is 10.6 Å². The molecule has 0 radical (unpaired) electrons. The summed E-state index contributed by atoms with van der Waals surface area (Å²) in [5, 5.41) is 6.56. The molecule has 136 valence electrons. The largest absolute Gasteiger partial charge is 0.322 e. The number of anilines is 2. The quantitative estimate of drug-likeness (QED) is 0.669. The Morgan fingerprint density at radius 1 is 0.926 bits per heavy atom. The van der Waals surface area contributed by atoms with Crippen LogP contribution in [0.4, 0.5) is 10.7 Å². The maximum Gasteiger partial charge on any atom is 0.258 e. The van der Waals surface area contributed by atoms with E-state index in [1.165, 1.54) is 16.2 Å². The van der Waals surface area contributed by atoms with Crippen molar-refractivity contribution in [3.8, 4) is 0 Å². The number of rotatable bonds is 4. The fourth-order valence-electron chi connectivity index (χ4n) is 3.41. The smallest absolute Gasteiger partial charge is 0.258 e. The van der Waals surface area contributed by atoms with E-state index in [4.69, 9.17) is 0 Å². The number of nitrogens with one attached hydrogen (secondary N) is 2. The molecule has 0 atom stereocenters. The summed E-state index contributed by atoms with van der Waals surface area (Å²) in [7, 11) is 0. The summed E-state index contributed by atoms with van der Waals surface area (Å²) >= 11 is 1.52. The first-order chi connectivity index (χ1) is 13.1. The van der Waals surface area contributed by atoms with Gasteiger partial charge in [-0.15, -0.1) is 11.3 Å². The minimum Gasteiger partial charge on any atom is -0.322 e. The van der Waals surface area contributed by atoms with Gasteiger partial charge in [0.25, 0.3) is 11.8 Å². The fourth-order valence-corrected chi connectivity index (χ4v) is 4.69. The van der Waals surface area contributed by atoms with Gasteiger partial charge in [0.1, 0.15) is 5.00 Å². The first-order valence-corrected chi connectivity index (χ1v) is 9.82. The van der Waals surface area contributed by atoms with Crippen molar-refractivity contribution in [3.63, 3.8) is 0 Å². The maximum atomic E-state index is 13.0. The van der Waals surface area contributed by atoms with E-state index in [1.807, 2.05) is 55.5 Å². The van der Waals surface area contributed by atoms with Crippen molar-refractivity contribution >= 4 is 33.8 Å². The van der Waals surface area contributed by atoms with Gasteiger partial charge in [-0.1, -0.05) is 35.9 Å². The molecule has 2 amide bonds. The lowest BCUT2D eigenvalue weighted by Gasteiger charge is -2.10. The number of hydrogen-bond acceptors (Lipinski definition) is 3. The van der Waals surface area contributed by atoms with Crippen molar-refractivity contribution in [2.45, 2.75) is 26.2 Å². The zero-order chi connectivity index (χ0) is 18.8. The summed E-state index contributed by atoms with van der Waals surface area (Å²) in [6.07, 6.45) is 2.90. The Labute approximate surface area is 162 Å². The Morgan fingerprint density at radius 3 is 2.52 bits per heavy atom. The molecule has 1 aliphatic carbocycles. The highest BCUT2D eigenvalue weighted by molar-refractivity contribution is 7.17. The van der Waals surface area contributed by atoms with Gasteiger partial charge in [-0.3, -0.25) is 9.59 Å². The average Bonchev–Trinajstić information content (AvgIpc) is 3.23. The molecule has 27 heavy (non-hydrogen) atoms. The maximum absolute atomic E-state index is 13.0. The molecule has 0 bridgehead atoms. The highest BCUT2D eigenvalue weighted by Gasteiger charge is 2.27. The lowest BCUT2D eigenvalue weighted by molar-refractivity contribution is 0.102. The lowest BCUT2D eigenvalue weighted by atomic mass is 10.1. The number of aryl methyl sites for hydroxylation is 2. The molecular weight excluding hydrogens is 356 g/mol. The number of fused-ring (bicyclic) bond motifs is 1. The summed E-state index contributed by atoms with van der Waals surface area (Å²) in [5.74, 6) is -0.354. The van der Waals surface area contributed by atoms with Crippen molar-refractivity contribution in [2.24, 2.45) is 0 Å². The summed E-state index contributed by atoms with van der Waals surface area (Å²) in [5.41, 5.74) is 4.05. The van der Waals surface area contributed by atoms with E-state index >= 15 is 0 Å². The van der Waals surface area contributed by atoms with Crippen molar-refractivity contribution < 1.29 is 9.59 Å². The van der Waals surface area contributed by atoms with Crippen LogP contribution in [0.25, 0.3) is 0 Å². The number of carbonyl (C=O) groups is 2. The second kappa shape index (κ2) is 7.37. The van der Waals surface area contributed by atoms with Gasteiger partial charge in [-0.2, -0.15) is 0 Å². The molecule has 1 aromatic heterocycles. The minimum atomic E-state index is -0.188. The molecule has 0 unspecified atom stereocenters. The number of carbonyl (C=O) groups excluding carboxylic acids is 2. The van der Waals surface area contributed by atoms with Gasteiger partial charge >= 0.3 is 0 Å². The van der Waals surface area contributed by atoms with Crippen molar-refractivity contribution in [2.75, 3.05) is 10.6 Å². The van der Waals surface area contributed by atoms with Crippen LogP contribution in [0.1, 0.15) is 43.1 Å². The predicted octanol–water partition coefficient (Wildman–Crippen LogP) is 5.05. The molecule has 0 fully saturated rings. The van der Waals surface area contributed by atoms with E-state index in [9.17, 15) is 9.59 Å². The third kappa shape index (κ3) is 3.64. The first kappa shape index (κ1) is 17.5. The Morgan fingerprint density at radius 2 is 1.74 bits per heavy atom. The van der Waals surface area contributed by atoms with E-state index in [2.05, 4.69) is 10.6 Å². The Kier molecular flexibility index (Phi) is 4.77. The molecular formula is C22H20N2O2S. The molecule has 1 aliphatic rings. The molecule has 0 spiro atoms. The summed E-state index contributed by atoms with van der Waals surface area (Å²) < 4.78 is 0. The lowest BCUT2D eigenvalue weighted by Crippen LogP contribution is -2.18. The standard InChI is InChI=1S/C22H20N2O2S/c1-14-7-5-8-15(13-14)20(25)24-22-19(17-11-6-12-18(17)27-22)21(26)23-16-9-3-2-4-10-16/h2-5,7-10,13H,6,11-12H2,1H3,(H,23,26)(H,24,25). The van der Waals surface area contributed by atoms with Gasteiger partial charge in [0.15, 0.2) is 0 Å². The Bertz CT molecular complexity index is 1010. The molecule has 2 N–H and O–H groups in total. The van der Waals surface area contributed by atoms with Crippen LogP contribution in [-0.4, -0.2) is 11.8 Å². The topological polar surface area (TPSA) is 58.2 Å². The highest BCUT2D eigenvalue weighted by Crippen LogP contribution is 2.39. The molecule has 0 saturated carbocycles. The average molecular weight is 376 g/mol. The van der Waals surface area contributed by atoms with E-state index in [0.717, 1.165) is 36.1 Å². The Balaban J connectivity index is 1.63. The van der Waals surface area contributed by atoms with Crippen LogP contribution in [0.3, 0.4) is 0 Å². The minimum absolute atomic E-state index is 0.167. The Hall–Kier alpha value is -2.92. The third-order valence-electron chi connectivity index (χ3n) is 4.69. The molecule has 4 rings (SSSR count). The van der Waals surface area contributed by atoms with E-state index in [1.54, 1.807) is 6.07 Å². The van der Waals surface area contributed by atoms with Crippen LogP contribution in [0, 0.1) is 6.92 Å². The second-order valence-electron chi connectivity index (χ2n) is 6.71. The van der Waals surface area contributed by atoms with E-state index < -0.39 is 0 Å². The molecule has 4 nitrogen and oxygen atoms in total. The molecule has 0 saturated heterocycles. The van der Waals surface area contributed by atoms with E-state index in [-0.39, 0.29) is 11.8 Å². The predicted molar refractivity (Wildman–Crippen MR) is 110 cm³/mol. The van der Waals surface area contributed by atoms with E-state index in [0.29, 0.717) is 16.1 Å². The van der Waals surface area contributed by atoms with Crippen LogP contribution >= 0.6 is 11.3 Å². The monoisotopic (exact) mass is 376 g/mol. The van der Waals surface area contributed by atoms with Gasteiger partial charge in [-0.25, -0.2) is 0 Å². The number of hydrogen-bond donors (Lipinski definition) is 2. The number of benzene rings is 2. The zero-order valence-electron chi connectivity index (χ0n) is 15.0. The number of thiophene rings is 1. The number of para-hydroxylation sites is 1. The van der Waals surface area contributed by atoms with Crippen LogP contribution in [0.2, 0.25) is 0 Å². The van der Waals surface area contributed by atoms with Gasteiger partial charge in [-0.05, 0) is 56.0 Å². The highest BCUT2D eigenvalue weighted by atomic mass is 32.1. The molecule has 0 aliphatic heterocycles. The van der Waals surface area contributed by atoms with Gasteiger partial charge < -0.3 is 10.6 Å². The summed E-state index contributed by atoms with van der Waals surface area (Å²) in [4.78, 5) is 26.9. The number of amides is 2. The molecule has 1 heterocycles. The summed E-state index contributed by atoms with van der Waals surface area (Å²) in [6, 6.07) is 16.8. The second-order valence-corrected chi connectivity index (χ2v) is 7.81. The fraction of sp³-hybridized carbons (Fsp3) is 0.182. The van der Waals surface area contributed by atoms with Crippen LogP contribution in [-0.2, 0) is 12.8 Å². The first-order valence-electron chi connectivity index (χ1n) is 9.01. The summed E-state index contributed by atoms with van der Waals surface area (Å²) in [6.45, 7) is 1.95. The van der Waals surface area contributed by atoms with Gasteiger partial charge in [0, 0.05) is 16.1 Å². The third-order valence-corrected chi connectivity index (χ3v) is 5.89. The van der Waals surface area contributed by atoms with Crippen LogP contribution in [0.15, 0.2) is 54.6 Å². The normalized spacial score (nSPS) is 12.5. The SMILES string of the molecule is Cc1cccc(C(=O)Nc2sc3c(c2C(=O)Nc2ccccc2)CCC3)c1. The van der Waals surface area contributed by atoms with Gasteiger partial charge in [0.05, 0.1) is 5.56 Å². The van der Waals surface area contributed by atoms with Crippen molar-refractivity contribution in [1.29, 1.82) is 0 Å². The molecule has 3 aromatic rings. The zero-order valence-corrected chi connectivity index (χ0v) is 15.9. The van der Waals surface area contributed by atoms with Gasteiger partial charge in [0.2, 0.25) is 0 Å². The molecule has 5 heteroatoms. The van der Waals surface area contributed by atoms with Crippen molar-refractivity contribution in [3.05, 3.63) is 81.7 Å². The molecule has 2 aromatic carbocycles. The van der Waals surface area contributed by atoms with Crippen LogP contribution in [0.5, 0.6) is 0 Å².